The van der Waals surface area contributed by atoms with Crippen LogP contribution in [0.1, 0.15) is 36.0 Å². The third-order valence-electron chi connectivity index (χ3n) is 4.20. The van der Waals surface area contributed by atoms with Gasteiger partial charge in [-0.3, -0.25) is 19.7 Å². The van der Waals surface area contributed by atoms with Gasteiger partial charge in [-0.05, 0) is 43.6 Å². The molecule has 1 atom stereocenters. The summed E-state index contributed by atoms with van der Waals surface area (Å²) in [4.78, 5) is 36.2. The number of carbonyl (C=O) groups excluding carboxylic acids is 1. The fraction of sp³-hybridized carbons (Fsp3) is 0.500. The number of benzene rings is 1. The van der Waals surface area contributed by atoms with Crippen molar-refractivity contribution >= 4 is 29.3 Å². The van der Waals surface area contributed by atoms with Crippen molar-refractivity contribution in [3.63, 3.8) is 0 Å². The van der Waals surface area contributed by atoms with Gasteiger partial charge in [0.05, 0.1) is 9.82 Å². The molecule has 1 N–H and O–H groups in total. The second kappa shape index (κ2) is 8.14. The first-order valence-corrected chi connectivity index (χ1v) is 8.98. The maximum atomic E-state index is 12.6. The van der Waals surface area contributed by atoms with E-state index in [2.05, 4.69) is 0 Å². The van der Waals surface area contributed by atoms with E-state index in [1.807, 2.05) is 0 Å². The van der Waals surface area contributed by atoms with Gasteiger partial charge in [0.15, 0.2) is 0 Å². The summed E-state index contributed by atoms with van der Waals surface area (Å²) in [6.45, 7) is 1.10. The number of nitro groups is 1. The van der Waals surface area contributed by atoms with E-state index in [0.717, 1.165) is 12.8 Å². The van der Waals surface area contributed by atoms with Crippen LogP contribution in [-0.2, 0) is 4.79 Å². The van der Waals surface area contributed by atoms with Crippen LogP contribution in [0.3, 0.4) is 0 Å². The number of carboxylic acids is 1. The van der Waals surface area contributed by atoms with Gasteiger partial charge < -0.3 is 10.0 Å². The van der Waals surface area contributed by atoms with Gasteiger partial charge in [0.25, 0.3) is 11.6 Å². The summed E-state index contributed by atoms with van der Waals surface area (Å²) in [7, 11) is 0. The molecular formula is C16H20N2O5S. The molecule has 1 saturated heterocycles. The van der Waals surface area contributed by atoms with E-state index in [1.165, 1.54) is 17.8 Å². The minimum Gasteiger partial charge on any atom is -0.481 e. The summed E-state index contributed by atoms with van der Waals surface area (Å²) < 4.78 is 0. The zero-order valence-corrected chi connectivity index (χ0v) is 14.3. The number of aliphatic carboxylic acids is 1. The number of carboxylic acid groups (broad SMARTS) is 1. The predicted octanol–water partition coefficient (Wildman–Crippen LogP) is 3.03. The van der Waals surface area contributed by atoms with Gasteiger partial charge in [-0.2, -0.15) is 0 Å². The highest BCUT2D eigenvalue weighted by Crippen LogP contribution is 2.29. The molecule has 0 aliphatic carbocycles. The first kappa shape index (κ1) is 18.3. The summed E-state index contributed by atoms with van der Waals surface area (Å²) in [5, 5.41) is 19.9. The number of nitrogens with zero attached hydrogens (tertiary/aromatic N) is 2. The van der Waals surface area contributed by atoms with Crippen molar-refractivity contribution in [1.82, 2.24) is 4.90 Å². The zero-order valence-electron chi connectivity index (χ0n) is 13.4. The Morgan fingerprint density at radius 1 is 1.46 bits per heavy atom. The van der Waals surface area contributed by atoms with E-state index < -0.39 is 10.9 Å². The van der Waals surface area contributed by atoms with Crippen LogP contribution in [0.2, 0.25) is 0 Å². The first-order chi connectivity index (χ1) is 11.4. The number of thioether (sulfide) groups is 1. The smallest absolute Gasteiger partial charge is 0.303 e. The lowest BCUT2D eigenvalue weighted by molar-refractivity contribution is -0.387. The first-order valence-electron chi connectivity index (χ1n) is 7.76. The SMILES string of the molecule is CSc1ccc(C(=O)N2CCCC(CCC(=O)O)C2)cc1[N+](=O)[O-]. The summed E-state index contributed by atoms with van der Waals surface area (Å²) in [5.41, 5.74) is 0.242. The Balaban J connectivity index is 2.11. The monoisotopic (exact) mass is 352 g/mol. The van der Waals surface area contributed by atoms with Crippen molar-refractivity contribution in [1.29, 1.82) is 0 Å². The van der Waals surface area contributed by atoms with E-state index in [0.29, 0.717) is 30.0 Å². The van der Waals surface area contributed by atoms with Gasteiger partial charge in [0, 0.05) is 31.1 Å². The summed E-state index contributed by atoms with van der Waals surface area (Å²) in [6, 6.07) is 4.54. The molecule has 0 aromatic heterocycles. The molecule has 0 spiro atoms. The molecule has 1 fully saturated rings. The third kappa shape index (κ3) is 4.47. The molecule has 1 aliphatic rings. The van der Waals surface area contributed by atoms with Crippen LogP contribution in [0.15, 0.2) is 23.1 Å². The minimum atomic E-state index is -0.832. The standard InChI is InChI=1S/C16H20N2O5S/c1-24-14-6-5-12(9-13(14)18(22)23)16(21)17-8-2-3-11(10-17)4-7-15(19)20/h5-6,9,11H,2-4,7-8,10H2,1H3,(H,19,20). The molecule has 8 heteroatoms. The Morgan fingerprint density at radius 2 is 2.21 bits per heavy atom. The average Bonchev–Trinajstić information content (AvgIpc) is 2.58. The Kier molecular flexibility index (Phi) is 6.19. The molecule has 1 aromatic rings. The lowest BCUT2D eigenvalue weighted by atomic mass is 9.93. The van der Waals surface area contributed by atoms with Crippen LogP contribution in [0.4, 0.5) is 5.69 Å². The predicted molar refractivity (Wildman–Crippen MR) is 90.4 cm³/mol. The number of nitro benzene ring substituents is 1. The number of hydrogen-bond donors (Lipinski definition) is 1. The molecule has 2 rings (SSSR count). The van der Waals surface area contributed by atoms with Crippen molar-refractivity contribution < 1.29 is 19.6 Å². The van der Waals surface area contributed by atoms with Crippen molar-refractivity contribution in [2.75, 3.05) is 19.3 Å². The Morgan fingerprint density at radius 3 is 2.83 bits per heavy atom. The Labute approximate surface area is 144 Å². The van der Waals surface area contributed by atoms with Crippen LogP contribution < -0.4 is 0 Å². The fourth-order valence-corrected chi connectivity index (χ4v) is 3.51. The van der Waals surface area contributed by atoms with Crippen LogP contribution >= 0.6 is 11.8 Å². The van der Waals surface area contributed by atoms with Crippen molar-refractivity contribution in [3.8, 4) is 0 Å². The molecule has 130 valence electrons. The molecule has 1 amide bonds. The van der Waals surface area contributed by atoms with Gasteiger partial charge in [-0.15, -0.1) is 11.8 Å². The second-order valence-electron chi connectivity index (χ2n) is 5.84. The molecule has 1 heterocycles. The second-order valence-corrected chi connectivity index (χ2v) is 6.68. The van der Waals surface area contributed by atoms with Crippen LogP contribution in [-0.4, -0.2) is 46.2 Å². The molecule has 1 aromatic carbocycles. The van der Waals surface area contributed by atoms with Crippen molar-refractivity contribution in [3.05, 3.63) is 33.9 Å². The van der Waals surface area contributed by atoms with Crippen LogP contribution in [0, 0.1) is 16.0 Å². The average molecular weight is 352 g/mol. The number of carbonyl (C=O) groups is 2. The number of amides is 1. The van der Waals surface area contributed by atoms with Crippen LogP contribution in [0.25, 0.3) is 0 Å². The summed E-state index contributed by atoms with van der Waals surface area (Å²) >= 11 is 1.27. The fourth-order valence-electron chi connectivity index (χ4n) is 2.96. The lowest BCUT2D eigenvalue weighted by Gasteiger charge is -2.32. The summed E-state index contributed by atoms with van der Waals surface area (Å²) in [6.07, 6.45) is 4.12. The highest BCUT2D eigenvalue weighted by atomic mass is 32.2. The van der Waals surface area contributed by atoms with Crippen molar-refractivity contribution in [2.24, 2.45) is 5.92 Å². The highest BCUT2D eigenvalue weighted by Gasteiger charge is 2.26. The van der Waals surface area contributed by atoms with Gasteiger partial charge in [0.2, 0.25) is 0 Å². The molecule has 0 saturated carbocycles. The molecule has 0 radical (unpaired) electrons. The van der Waals surface area contributed by atoms with E-state index >= 15 is 0 Å². The Bertz CT molecular complexity index is 649. The summed E-state index contributed by atoms with van der Waals surface area (Å²) in [5.74, 6) is -0.897. The van der Waals surface area contributed by atoms with Crippen LogP contribution in [0.5, 0.6) is 0 Å². The number of piperidine rings is 1. The normalized spacial score (nSPS) is 17.5. The van der Waals surface area contributed by atoms with Gasteiger partial charge in [-0.25, -0.2) is 0 Å². The Hall–Kier alpha value is -2.09. The van der Waals surface area contributed by atoms with E-state index in [9.17, 15) is 19.7 Å². The lowest BCUT2D eigenvalue weighted by Crippen LogP contribution is -2.40. The largest absolute Gasteiger partial charge is 0.481 e. The van der Waals surface area contributed by atoms with Gasteiger partial charge in [-0.1, -0.05) is 0 Å². The molecule has 24 heavy (non-hydrogen) atoms. The number of likely N-dealkylation sites (tertiary alicyclic amines) is 1. The third-order valence-corrected chi connectivity index (χ3v) is 4.98. The highest BCUT2D eigenvalue weighted by molar-refractivity contribution is 7.98. The topological polar surface area (TPSA) is 101 Å². The van der Waals surface area contributed by atoms with Crippen molar-refractivity contribution in [2.45, 2.75) is 30.6 Å². The molecule has 1 aliphatic heterocycles. The van der Waals surface area contributed by atoms with E-state index in [4.69, 9.17) is 5.11 Å². The quantitative estimate of drug-likeness (QED) is 0.480. The maximum Gasteiger partial charge on any atom is 0.303 e. The minimum absolute atomic E-state index is 0.0622. The molecule has 1 unspecified atom stereocenters. The van der Waals surface area contributed by atoms with Gasteiger partial charge in [0.1, 0.15) is 0 Å². The number of rotatable bonds is 6. The molecule has 0 bridgehead atoms. The van der Waals surface area contributed by atoms with E-state index in [1.54, 1.807) is 23.3 Å². The van der Waals surface area contributed by atoms with E-state index in [-0.39, 0.29) is 23.9 Å². The number of hydrogen-bond acceptors (Lipinski definition) is 5. The van der Waals surface area contributed by atoms with Gasteiger partial charge >= 0.3 is 5.97 Å². The zero-order chi connectivity index (χ0) is 17.7. The maximum absolute atomic E-state index is 12.6. The molecule has 7 nitrogen and oxygen atoms in total. The molecular weight excluding hydrogens is 332 g/mol.